The predicted molar refractivity (Wildman–Crippen MR) is 73.3 cm³/mol. The minimum atomic E-state index is -4.33. The minimum absolute atomic E-state index is 0.0101. The van der Waals surface area contributed by atoms with Gasteiger partial charge in [0.2, 0.25) is 0 Å². The third-order valence-corrected chi connectivity index (χ3v) is 3.71. The quantitative estimate of drug-likeness (QED) is 0.730. The molecular weight excluding hydrogens is 279 g/mol. The van der Waals surface area contributed by atoms with Crippen molar-refractivity contribution in [2.75, 3.05) is 11.4 Å². The fourth-order valence-electron chi connectivity index (χ4n) is 2.69. The maximum atomic E-state index is 12.6. The van der Waals surface area contributed by atoms with Gasteiger partial charge in [0.1, 0.15) is 0 Å². The fraction of sp³-hybridized carbons (Fsp3) is 0.250. The summed E-state index contributed by atoms with van der Waals surface area (Å²) in [6.45, 7) is 0.696. The summed E-state index contributed by atoms with van der Waals surface area (Å²) in [5.41, 5.74) is 1.55. The van der Waals surface area contributed by atoms with Crippen LogP contribution in [0.2, 0.25) is 0 Å². The molecule has 0 spiro atoms. The highest BCUT2D eigenvalue weighted by molar-refractivity contribution is 5.70. The topological polar surface area (TPSA) is 23.1 Å². The number of halogens is 3. The molecule has 0 bridgehead atoms. The Balaban J connectivity index is 1.98. The van der Waals surface area contributed by atoms with Crippen LogP contribution in [0.25, 0.3) is 0 Å². The summed E-state index contributed by atoms with van der Waals surface area (Å²) in [6.07, 6.45) is -2.81. The molecule has 0 unspecified atom stereocenters. The highest BCUT2D eigenvalue weighted by atomic mass is 19.4. The van der Waals surface area contributed by atoms with Crippen molar-refractivity contribution in [3.05, 3.63) is 53.6 Å². The molecule has 21 heavy (non-hydrogen) atoms. The highest BCUT2D eigenvalue weighted by Crippen LogP contribution is 2.39. The average molecular weight is 292 g/mol. The van der Waals surface area contributed by atoms with E-state index >= 15 is 0 Å². The van der Waals surface area contributed by atoms with E-state index in [1.807, 2.05) is 11.0 Å². The zero-order valence-corrected chi connectivity index (χ0v) is 11.2. The summed E-state index contributed by atoms with van der Waals surface area (Å²) in [6, 6.07) is 10.1. The number of anilines is 2. The Morgan fingerprint density at radius 3 is 2.38 bits per heavy atom. The monoisotopic (exact) mass is 292 g/mol. The van der Waals surface area contributed by atoms with E-state index in [1.165, 1.54) is 18.2 Å². The first-order valence-electron chi connectivity index (χ1n) is 6.70. The fourth-order valence-corrected chi connectivity index (χ4v) is 2.69. The number of rotatable bonds is 1. The second-order valence-electron chi connectivity index (χ2n) is 5.05. The van der Waals surface area contributed by atoms with Crippen molar-refractivity contribution < 1.29 is 18.3 Å². The first kappa shape index (κ1) is 13.8. The Labute approximate surface area is 120 Å². The highest BCUT2D eigenvalue weighted by Gasteiger charge is 2.30. The molecule has 2 aromatic carbocycles. The van der Waals surface area contributed by atoms with Crippen molar-refractivity contribution in [3.8, 4) is 5.75 Å². The molecule has 1 radical (unpaired) electrons. The Hall–Kier alpha value is -2.17. The van der Waals surface area contributed by atoms with Crippen LogP contribution in [0.1, 0.15) is 17.5 Å². The average Bonchev–Trinajstić information content (AvgIpc) is 2.46. The number of hydrogen-bond acceptors (Lipinski definition) is 1. The van der Waals surface area contributed by atoms with Crippen LogP contribution in [0.4, 0.5) is 24.5 Å². The predicted octanol–water partition coefficient (Wildman–Crippen LogP) is 4.93. The van der Waals surface area contributed by atoms with Gasteiger partial charge in [-0.1, -0.05) is 6.07 Å². The molecular formula is C16H13F3NO. The lowest BCUT2D eigenvalue weighted by atomic mass is 10.00. The molecule has 0 saturated carbocycles. The zero-order valence-electron chi connectivity index (χ0n) is 11.2. The van der Waals surface area contributed by atoms with Crippen LogP contribution in [0.5, 0.6) is 5.75 Å². The van der Waals surface area contributed by atoms with Crippen molar-refractivity contribution in [2.24, 2.45) is 0 Å². The Kier molecular flexibility index (Phi) is 3.27. The SMILES string of the molecule is [O]c1cccc2c1CCCN2c1ccc(C(F)(F)F)cc1. The summed E-state index contributed by atoms with van der Waals surface area (Å²) < 4.78 is 37.8. The van der Waals surface area contributed by atoms with E-state index in [0.717, 1.165) is 29.8 Å². The summed E-state index contributed by atoms with van der Waals surface area (Å²) in [5.74, 6) is -0.0101. The molecule has 0 N–H and O–H groups in total. The van der Waals surface area contributed by atoms with Gasteiger partial charge in [0.25, 0.3) is 0 Å². The third-order valence-electron chi connectivity index (χ3n) is 3.71. The minimum Gasteiger partial charge on any atom is -0.341 e. The van der Waals surface area contributed by atoms with Crippen molar-refractivity contribution in [2.45, 2.75) is 19.0 Å². The van der Waals surface area contributed by atoms with Crippen molar-refractivity contribution in [1.29, 1.82) is 0 Å². The van der Waals surface area contributed by atoms with Crippen LogP contribution in [0, 0.1) is 0 Å². The second kappa shape index (κ2) is 4.98. The smallest absolute Gasteiger partial charge is 0.341 e. The van der Waals surface area contributed by atoms with Crippen LogP contribution >= 0.6 is 0 Å². The number of hydrogen-bond donors (Lipinski definition) is 0. The maximum absolute atomic E-state index is 12.6. The zero-order chi connectivity index (χ0) is 15.0. The standard InChI is InChI=1S/C16H13F3NO/c17-16(18,19)11-6-8-12(9-7-11)20-10-2-3-13-14(20)4-1-5-15(13)21/h1,4-9H,2-3,10H2. The van der Waals surface area contributed by atoms with E-state index < -0.39 is 11.7 Å². The van der Waals surface area contributed by atoms with E-state index in [0.29, 0.717) is 18.7 Å². The van der Waals surface area contributed by atoms with Gasteiger partial charge in [-0.05, 0) is 49.2 Å². The van der Waals surface area contributed by atoms with E-state index in [2.05, 4.69) is 0 Å². The molecule has 5 heteroatoms. The lowest BCUT2D eigenvalue weighted by Gasteiger charge is -2.31. The summed E-state index contributed by atoms with van der Waals surface area (Å²) >= 11 is 0. The molecule has 0 fully saturated rings. The normalized spacial score (nSPS) is 14.9. The number of benzene rings is 2. The van der Waals surface area contributed by atoms with Crippen molar-refractivity contribution >= 4 is 11.4 Å². The van der Waals surface area contributed by atoms with E-state index in [-0.39, 0.29) is 5.75 Å². The van der Waals surface area contributed by atoms with E-state index in [9.17, 15) is 18.3 Å². The largest absolute Gasteiger partial charge is 0.416 e. The lowest BCUT2D eigenvalue weighted by molar-refractivity contribution is -0.137. The Morgan fingerprint density at radius 1 is 1.00 bits per heavy atom. The van der Waals surface area contributed by atoms with Gasteiger partial charge < -0.3 is 4.90 Å². The molecule has 1 aliphatic heterocycles. The van der Waals surface area contributed by atoms with Crippen LogP contribution in [0.15, 0.2) is 42.5 Å². The Morgan fingerprint density at radius 2 is 1.71 bits per heavy atom. The lowest BCUT2D eigenvalue weighted by Crippen LogP contribution is -2.24. The molecule has 1 heterocycles. The van der Waals surface area contributed by atoms with Gasteiger partial charge >= 0.3 is 6.18 Å². The molecule has 0 saturated heterocycles. The van der Waals surface area contributed by atoms with Crippen LogP contribution < -0.4 is 4.90 Å². The van der Waals surface area contributed by atoms with E-state index in [1.54, 1.807) is 6.07 Å². The third kappa shape index (κ3) is 2.55. The molecule has 2 nitrogen and oxygen atoms in total. The Bertz CT molecular complexity index is 650. The van der Waals surface area contributed by atoms with Gasteiger partial charge in [0, 0.05) is 23.5 Å². The molecule has 2 aromatic rings. The second-order valence-corrected chi connectivity index (χ2v) is 5.05. The van der Waals surface area contributed by atoms with Gasteiger partial charge in [-0.3, -0.25) is 5.11 Å². The van der Waals surface area contributed by atoms with Crippen molar-refractivity contribution in [1.82, 2.24) is 0 Å². The number of alkyl halides is 3. The van der Waals surface area contributed by atoms with Gasteiger partial charge in [-0.25, -0.2) is 0 Å². The van der Waals surface area contributed by atoms with Gasteiger partial charge in [0.05, 0.1) is 5.56 Å². The molecule has 0 aromatic heterocycles. The van der Waals surface area contributed by atoms with Gasteiger partial charge in [-0.15, -0.1) is 0 Å². The molecule has 0 aliphatic carbocycles. The van der Waals surface area contributed by atoms with Gasteiger partial charge in [-0.2, -0.15) is 13.2 Å². The first-order valence-corrected chi connectivity index (χ1v) is 6.70. The molecule has 1 aliphatic rings. The van der Waals surface area contributed by atoms with Crippen LogP contribution in [-0.2, 0) is 17.7 Å². The maximum Gasteiger partial charge on any atom is 0.416 e. The molecule has 0 atom stereocenters. The molecule has 109 valence electrons. The number of nitrogens with zero attached hydrogens (tertiary/aromatic N) is 1. The number of fused-ring (bicyclic) bond motifs is 1. The molecule has 0 amide bonds. The summed E-state index contributed by atoms with van der Waals surface area (Å²) in [4.78, 5) is 1.90. The first-order chi connectivity index (χ1) is 9.97. The van der Waals surface area contributed by atoms with Crippen molar-refractivity contribution in [3.63, 3.8) is 0 Å². The van der Waals surface area contributed by atoms with Crippen LogP contribution in [-0.4, -0.2) is 6.54 Å². The summed E-state index contributed by atoms with van der Waals surface area (Å²) in [5, 5.41) is 11.9. The summed E-state index contributed by atoms with van der Waals surface area (Å²) in [7, 11) is 0. The molecule has 3 rings (SSSR count). The van der Waals surface area contributed by atoms with E-state index in [4.69, 9.17) is 0 Å². The van der Waals surface area contributed by atoms with Gasteiger partial charge in [0.15, 0.2) is 5.75 Å². The van der Waals surface area contributed by atoms with Crippen LogP contribution in [0.3, 0.4) is 0 Å².